The lowest BCUT2D eigenvalue weighted by atomic mass is 10.0. The number of rotatable bonds is 1. The van der Waals surface area contributed by atoms with E-state index in [2.05, 4.69) is 37.3 Å². The summed E-state index contributed by atoms with van der Waals surface area (Å²) in [7, 11) is 0. The highest BCUT2D eigenvalue weighted by atomic mass is 16.5. The SMILES string of the molecule is CC1=CC(c2ccccc2)OCC1. The fraction of sp³-hybridized carbons (Fsp3) is 0.333. The van der Waals surface area contributed by atoms with Gasteiger partial charge in [-0.15, -0.1) is 0 Å². The van der Waals surface area contributed by atoms with Gasteiger partial charge in [-0.1, -0.05) is 42.0 Å². The van der Waals surface area contributed by atoms with Crippen LogP contribution in [0.25, 0.3) is 0 Å². The van der Waals surface area contributed by atoms with Gasteiger partial charge in [-0.2, -0.15) is 0 Å². The molecule has 1 aliphatic rings. The van der Waals surface area contributed by atoms with E-state index in [1.165, 1.54) is 11.1 Å². The molecule has 1 nitrogen and oxygen atoms in total. The summed E-state index contributed by atoms with van der Waals surface area (Å²) in [6, 6.07) is 10.4. The zero-order valence-electron chi connectivity index (χ0n) is 7.86. The van der Waals surface area contributed by atoms with Gasteiger partial charge in [-0.05, 0) is 18.9 Å². The Kier molecular flexibility index (Phi) is 2.46. The third-order valence-electron chi connectivity index (χ3n) is 2.36. The van der Waals surface area contributed by atoms with Gasteiger partial charge >= 0.3 is 0 Å². The van der Waals surface area contributed by atoms with E-state index in [1.54, 1.807) is 0 Å². The van der Waals surface area contributed by atoms with Crippen LogP contribution in [0.4, 0.5) is 0 Å². The highest BCUT2D eigenvalue weighted by molar-refractivity contribution is 5.23. The minimum absolute atomic E-state index is 0.176. The third kappa shape index (κ3) is 1.99. The predicted octanol–water partition coefficient (Wildman–Crippen LogP) is 3.09. The number of hydrogen-bond donors (Lipinski definition) is 0. The molecule has 0 N–H and O–H groups in total. The van der Waals surface area contributed by atoms with Crippen LogP contribution in [-0.2, 0) is 4.74 Å². The van der Waals surface area contributed by atoms with Crippen molar-refractivity contribution in [1.82, 2.24) is 0 Å². The second-order valence-electron chi connectivity index (χ2n) is 3.47. The lowest BCUT2D eigenvalue weighted by Crippen LogP contribution is -2.09. The van der Waals surface area contributed by atoms with Crippen molar-refractivity contribution >= 4 is 0 Å². The maximum Gasteiger partial charge on any atom is 0.101 e. The maximum atomic E-state index is 5.66. The Labute approximate surface area is 79.0 Å². The van der Waals surface area contributed by atoms with Gasteiger partial charge in [0.05, 0.1) is 6.61 Å². The molecule has 1 heterocycles. The molecular weight excluding hydrogens is 160 g/mol. The summed E-state index contributed by atoms with van der Waals surface area (Å²) in [5, 5.41) is 0. The number of ether oxygens (including phenoxy) is 1. The van der Waals surface area contributed by atoms with Crippen molar-refractivity contribution in [3.05, 3.63) is 47.5 Å². The van der Waals surface area contributed by atoms with Gasteiger partial charge in [0.1, 0.15) is 6.10 Å². The van der Waals surface area contributed by atoms with Crippen molar-refractivity contribution < 1.29 is 4.74 Å². The topological polar surface area (TPSA) is 9.23 Å². The molecule has 0 amide bonds. The summed E-state index contributed by atoms with van der Waals surface area (Å²) in [4.78, 5) is 0. The first-order valence-corrected chi connectivity index (χ1v) is 4.70. The first kappa shape index (κ1) is 8.52. The molecule has 0 bridgehead atoms. The molecule has 0 saturated carbocycles. The summed E-state index contributed by atoms with van der Waals surface area (Å²) in [5.41, 5.74) is 2.68. The smallest absolute Gasteiger partial charge is 0.101 e. The Balaban J connectivity index is 2.22. The van der Waals surface area contributed by atoms with Gasteiger partial charge in [-0.25, -0.2) is 0 Å². The summed E-state index contributed by atoms with van der Waals surface area (Å²) in [6.45, 7) is 3.01. The molecule has 1 atom stereocenters. The van der Waals surface area contributed by atoms with Gasteiger partial charge < -0.3 is 4.74 Å². The van der Waals surface area contributed by atoms with Crippen molar-refractivity contribution in [2.75, 3.05) is 6.61 Å². The van der Waals surface area contributed by atoms with E-state index in [9.17, 15) is 0 Å². The highest BCUT2D eigenvalue weighted by Crippen LogP contribution is 2.25. The summed E-state index contributed by atoms with van der Waals surface area (Å²) >= 11 is 0. The van der Waals surface area contributed by atoms with Gasteiger partial charge in [0.2, 0.25) is 0 Å². The highest BCUT2D eigenvalue weighted by Gasteiger charge is 2.12. The lowest BCUT2D eigenvalue weighted by Gasteiger charge is -2.20. The van der Waals surface area contributed by atoms with Crippen molar-refractivity contribution in [1.29, 1.82) is 0 Å². The zero-order chi connectivity index (χ0) is 9.10. The Morgan fingerprint density at radius 2 is 2.00 bits per heavy atom. The quantitative estimate of drug-likeness (QED) is 0.594. The van der Waals surface area contributed by atoms with E-state index in [1.807, 2.05) is 6.07 Å². The molecule has 0 radical (unpaired) electrons. The van der Waals surface area contributed by atoms with Gasteiger partial charge in [0.15, 0.2) is 0 Å². The lowest BCUT2D eigenvalue weighted by molar-refractivity contribution is 0.0769. The average Bonchev–Trinajstić information content (AvgIpc) is 2.19. The van der Waals surface area contributed by atoms with Crippen LogP contribution >= 0.6 is 0 Å². The molecule has 0 fully saturated rings. The first-order chi connectivity index (χ1) is 6.36. The number of hydrogen-bond acceptors (Lipinski definition) is 1. The molecule has 1 aliphatic heterocycles. The average molecular weight is 174 g/mol. The van der Waals surface area contributed by atoms with E-state index < -0.39 is 0 Å². The van der Waals surface area contributed by atoms with Crippen LogP contribution in [0.3, 0.4) is 0 Å². The van der Waals surface area contributed by atoms with Crippen LogP contribution in [0.5, 0.6) is 0 Å². The van der Waals surface area contributed by atoms with E-state index in [0.29, 0.717) is 0 Å². The Morgan fingerprint density at radius 1 is 1.23 bits per heavy atom. The second-order valence-corrected chi connectivity index (χ2v) is 3.47. The largest absolute Gasteiger partial charge is 0.369 e. The van der Waals surface area contributed by atoms with Crippen molar-refractivity contribution in [3.8, 4) is 0 Å². The third-order valence-corrected chi connectivity index (χ3v) is 2.36. The van der Waals surface area contributed by atoms with Gasteiger partial charge in [0, 0.05) is 0 Å². The van der Waals surface area contributed by atoms with Crippen molar-refractivity contribution in [3.63, 3.8) is 0 Å². The number of benzene rings is 1. The van der Waals surface area contributed by atoms with Crippen LogP contribution in [0.2, 0.25) is 0 Å². The minimum atomic E-state index is 0.176. The van der Waals surface area contributed by atoms with Gasteiger partial charge in [0.25, 0.3) is 0 Å². The zero-order valence-corrected chi connectivity index (χ0v) is 7.86. The van der Waals surface area contributed by atoms with E-state index >= 15 is 0 Å². The second kappa shape index (κ2) is 3.75. The molecule has 0 aliphatic carbocycles. The maximum absolute atomic E-state index is 5.66. The minimum Gasteiger partial charge on any atom is -0.369 e. The molecule has 1 aromatic rings. The van der Waals surface area contributed by atoms with Crippen LogP contribution in [0.1, 0.15) is 25.0 Å². The molecule has 0 aromatic heterocycles. The molecular formula is C12H14O. The van der Waals surface area contributed by atoms with E-state index in [0.717, 1.165) is 13.0 Å². The molecule has 0 saturated heterocycles. The predicted molar refractivity (Wildman–Crippen MR) is 53.5 cm³/mol. The molecule has 1 unspecified atom stereocenters. The summed E-state index contributed by atoms with van der Waals surface area (Å²) < 4.78 is 5.66. The Morgan fingerprint density at radius 3 is 2.69 bits per heavy atom. The fourth-order valence-corrected chi connectivity index (χ4v) is 1.57. The Hall–Kier alpha value is -1.08. The standard InChI is InChI=1S/C12H14O/c1-10-7-8-13-12(9-10)11-5-3-2-4-6-11/h2-6,9,12H,7-8H2,1H3. The molecule has 1 aromatic carbocycles. The molecule has 0 spiro atoms. The molecule has 1 heteroatoms. The molecule has 13 heavy (non-hydrogen) atoms. The van der Waals surface area contributed by atoms with Crippen LogP contribution in [0.15, 0.2) is 42.0 Å². The van der Waals surface area contributed by atoms with E-state index in [4.69, 9.17) is 4.74 Å². The van der Waals surface area contributed by atoms with Crippen molar-refractivity contribution in [2.45, 2.75) is 19.4 Å². The van der Waals surface area contributed by atoms with Gasteiger partial charge in [-0.3, -0.25) is 0 Å². The van der Waals surface area contributed by atoms with Crippen LogP contribution in [0, 0.1) is 0 Å². The summed E-state index contributed by atoms with van der Waals surface area (Å²) in [5.74, 6) is 0. The monoisotopic (exact) mass is 174 g/mol. The molecule has 68 valence electrons. The van der Waals surface area contributed by atoms with Crippen molar-refractivity contribution in [2.24, 2.45) is 0 Å². The fourth-order valence-electron chi connectivity index (χ4n) is 1.57. The first-order valence-electron chi connectivity index (χ1n) is 4.70. The summed E-state index contributed by atoms with van der Waals surface area (Å²) in [6.07, 6.45) is 3.46. The normalized spacial score (nSPS) is 22.5. The van der Waals surface area contributed by atoms with E-state index in [-0.39, 0.29) is 6.10 Å². The van der Waals surface area contributed by atoms with Crippen LogP contribution in [-0.4, -0.2) is 6.61 Å². The Bertz CT molecular complexity index is 300. The molecule has 2 rings (SSSR count). The van der Waals surface area contributed by atoms with Crippen LogP contribution < -0.4 is 0 Å².